The molecule has 5 rings (SSSR count). The van der Waals surface area contributed by atoms with Crippen molar-refractivity contribution in [1.29, 1.82) is 0 Å². The van der Waals surface area contributed by atoms with Gasteiger partial charge in [-0.25, -0.2) is 13.5 Å². The summed E-state index contributed by atoms with van der Waals surface area (Å²) in [4.78, 5) is 23.2. The van der Waals surface area contributed by atoms with E-state index in [1.165, 1.54) is 5.56 Å². The molecular formula is C36H44N4O4S. The Kier molecular flexibility index (Phi) is 9.92. The zero-order chi connectivity index (χ0) is 32.4. The first-order chi connectivity index (χ1) is 21.3. The number of nitrogens with zero attached hydrogens (tertiary/aromatic N) is 4. The Balaban J connectivity index is 1.51. The average molecular weight is 629 g/mol. The van der Waals surface area contributed by atoms with Gasteiger partial charge in [0.15, 0.2) is 0 Å². The fourth-order valence-corrected chi connectivity index (χ4v) is 7.28. The standard InChI is InChI=1S/C36H44N4O4S/c1-35(2,3)45(44)40-25-29-23-30(34(42)39-19-17-38(18-20-39)24-27-10-7-6-8-11-27)37-33(32(29)31(40)15-21-41)28-13-9-12-26(22-28)14-16-36(4,5)43/h6-13,22-23,31,41,43H,15,17-21,24-25H2,1-5H3/t31-,45?/m1/s1. The van der Waals surface area contributed by atoms with Crippen LogP contribution in [0.15, 0.2) is 60.7 Å². The molecule has 2 atom stereocenters. The van der Waals surface area contributed by atoms with E-state index in [1.54, 1.807) is 13.8 Å². The number of aromatic nitrogens is 1. The van der Waals surface area contributed by atoms with Gasteiger partial charge in [0, 0.05) is 62.6 Å². The number of benzene rings is 2. The van der Waals surface area contributed by atoms with Crippen molar-refractivity contribution in [3.05, 3.63) is 88.6 Å². The molecule has 8 nitrogen and oxygen atoms in total. The largest absolute Gasteiger partial charge is 0.396 e. The van der Waals surface area contributed by atoms with E-state index >= 15 is 0 Å². The molecule has 9 heteroatoms. The molecular weight excluding hydrogens is 584 g/mol. The van der Waals surface area contributed by atoms with Gasteiger partial charge in [-0.1, -0.05) is 54.3 Å². The molecule has 1 saturated heterocycles. The summed E-state index contributed by atoms with van der Waals surface area (Å²) in [5.41, 5.74) is 4.39. The highest BCUT2D eigenvalue weighted by atomic mass is 32.2. The molecule has 3 aromatic rings. The van der Waals surface area contributed by atoms with Crippen molar-refractivity contribution in [2.75, 3.05) is 32.8 Å². The Morgan fingerprint density at radius 1 is 1.00 bits per heavy atom. The summed E-state index contributed by atoms with van der Waals surface area (Å²) in [5, 5.41) is 20.2. The molecule has 0 radical (unpaired) electrons. The monoisotopic (exact) mass is 628 g/mol. The van der Waals surface area contributed by atoms with Crippen molar-refractivity contribution in [2.24, 2.45) is 0 Å². The summed E-state index contributed by atoms with van der Waals surface area (Å²) in [6.45, 7) is 13.0. The second-order valence-corrected chi connectivity index (χ2v) is 15.5. The maximum Gasteiger partial charge on any atom is 0.272 e. The summed E-state index contributed by atoms with van der Waals surface area (Å²) >= 11 is 0. The lowest BCUT2D eigenvalue weighted by molar-refractivity contribution is 0.0622. The van der Waals surface area contributed by atoms with Crippen LogP contribution < -0.4 is 0 Å². The number of aliphatic hydroxyl groups is 2. The van der Waals surface area contributed by atoms with E-state index in [9.17, 15) is 19.2 Å². The van der Waals surface area contributed by atoms with Crippen LogP contribution in [0.3, 0.4) is 0 Å². The quantitative estimate of drug-likeness (QED) is 0.374. The van der Waals surface area contributed by atoms with Crippen molar-refractivity contribution in [2.45, 2.75) is 70.5 Å². The molecule has 0 bridgehead atoms. The normalized spacial score (nSPS) is 18.3. The van der Waals surface area contributed by atoms with Gasteiger partial charge in [-0.05, 0) is 70.4 Å². The molecule has 238 valence electrons. The zero-order valence-corrected chi connectivity index (χ0v) is 27.7. The SMILES string of the molecule is CC(C)(O)C#Cc1cccc(-c2nc(C(=O)N3CCN(Cc4ccccc4)CC3)cc3c2[C@@H](CCO)N(S(=O)C(C)(C)C)C3)c1. The number of pyridine rings is 1. The number of carbonyl (C=O) groups is 1. The van der Waals surface area contributed by atoms with Crippen molar-refractivity contribution < 1.29 is 19.2 Å². The predicted octanol–water partition coefficient (Wildman–Crippen LogP) is 4.53. The van der Waals surface area contributed by atoms with Crippen molar-refractivity contribution in [1.82, 2.24) is 19.1 Å². The van der Waals surface area contributed by atoms with E-state index in [4.69, 9.17) is 4.98 Å². The lowest BCUT2D eigenvalue weighted by Crippen LogP contribution is -2.48. The van der Waals surface area contributed by atoms with Gasteiger partial charge in [-0.15, -0.1) is 0 Å². The summed E-state index contributed by atoms with van der Waals surface area (Å²) < 4.78 is 15.2. The van der Waals surface area contributed by atoms with Crippen LogP contribution in [0.2, 0.25) is 0 Å². The summed E-state index contributed by atoms with van der Waals surface area (Å²) in [6.07, 6.45) is 0.387. The number of amides is 1. The number of hydrogen-bond donors (Lipinski definition) is 2. The second-order valence-electron chi connectivity index (χ2n) is 13.3. The van der Waals surface area contributed by atoms with Crippen LogP contribution in [0.25, 0.3) is 11.3 Å². The minimum absolute atomic E-state index is 0.0770. The first-order valence-electron chi connectivity index (χ1n) is 15.6. The van der Waals surface area contributed by atoms with E-state index in [1.807, 2.05) is 78.5 Å². The second kappa shape index (κ2) is 13.5. The number of carbonyl (C=O) groups excluding carboxylic acids is 1. The fraction of sp³-hybridized carbons (Fsp3) is 0.444. The smallest absolute Gasteiger partial charge is 0.272 e. The lowest BCUT2D eigenvalue weighted by Gasteiger charge is -2.34. The number of aliphatic hydroxyl groups excluding tert-OH is 1. The van der Waals surface area contributed by atoms with Crippen LogP contribution >= 0.6 is 0 Å². The first-order valence-corrected chi connectivity index (χ1v) is 16.7. The fourth-order valence-electron chi connectivity index (χ4n) is 5.88. The molecule has 1 unspecified atom stereocenters. The lowest BCUT2D eigenvalue weighted by atomic mass is 9.95. The van der Waals surface area contributed by atoms with E-state index in [0.29, 0.717) is 43.0 Å². The van der Waals surface area contributed by atoms with Crippen molar-refractivity contribution in [3.63, 3.8) is 0 Å². The minimum atomic E-state index is -1.35. The van der Waals surface area contributed by atoms with E-state index in [-0.39, 0.29) is 18.6 Å². The maximum absolute atomic E-state index is 14.0. The highest BCUT2D eigenvalue weighted by Gasteiger charge is 2.40. The molecule has 2 aliphatic heterocycles. The Bertz CT molecular complexity index is 1610. The van der Waals surface area contributed by atoms with Gasteiger partial charge in [0.05, 0.1) is 16.5 Å². The Morgan fingerprint density at radius 3 is 2.36 bits per heavy atom. The molecule has 2 N–H and O–H groups in total. The number of fused-ring (bicyclic) bond motifs is 1. The molecule has 2 aliphatic rings. The highest BCUT2D eigenvalue weighted by molar-refractivity contribution is 7.84. The molecule has 2 aromatic carbocycles. The van der Waals surface area contributed by atoms with Crippen molar-refractivity contribution in [3.8, 4) is 23.1 Å². The number of piperazine rings is 1. The molecule has 1 amide bonds. The van der Waals surface area contributed by atoms with Gasteiger partial charge < -0.3 is 15.1 Å². The van der Waals surface area contributed by atoms with Gasteiger partial charge in [0.2, 0.25) is 0 Å². The van der Waals surface area contributed by atoms with Crippen LogP contribution in [0.4, 0.5) is 0 Å². The Morgan fingerprint density at radius 2 is 1.71 bits per heavy atom. The van der Waals surface area contributed by atoms with E-state index < -0.39 is 21.3 Å². The predicted molar refractivity (Wildman–Crippen MR) is 178 cm³/mol. The maximum atomic E-state index is 14.0. The Hall–Kier alpha value is -3.39. The topological polar surface area (TPSA) is 97.2 Å². The molecule has 1 aromatic heterocycles. The summed E-state index contributed by atoms with van der Waals surface area (Å²) in [7, 11) is -1.35. The van der Waals surface area contributed by atoms with E-state index in [2.05, 4.69) is 28.9 Å². The van der Waals surface area contributed by atoms with Crippen LogP contribution in [0.1, 0.15) is 79.8 Å². The van der Waals surface area contributed by atoms with Gasteiger partial charge in [0.1, 0.15) is 22.3 Å². The van der Waals surface area contributed by atoms with Gasteiger partial charge in [-0.2, -0.15) is 0 Å². The molecule has 0 spiro atoms. The minimum Gasteiger partial charge on any atom is -0.396 e. The van der Waals surface area contributed by atoms with Gasteiger partial charge >= 0.3 is 0 Å². The van der Waals surface area contributed by atoms with Gasteiger partial charge in [-0.3, -0.25) is 9.69 Å². The molecule has 45 heavy (non-hydrogen) atoms. The highest BCUT2D eigenvalue weighted by Crippen LogP contribution is 2.44. The average Bonchev–Trinajstić information content (AvgIpc) is 3.37. The third kappa shape index (κ3) is 7.89. The van der Waals surface area contributed by atoms with Crippen LogP contribution in [0, 0.1) is 11.8 Å². The Labute approximate surface area is 269 Å². The van der Waals surface area contributed by atoms with E-state index in [0.717, 1.165) is 36.3 Å². The third-order valence-electron chi connectivity index (χ3n) is 8.07. The molecule has 0 saturated carbocycles. The van der Waals surface area contributed by atoms with Gasteiger partial charge in [0.25, 0.3) is 5.91 Å². The first kappa shape index (κ1) is 33.0. The zero-order valence-electron chi connectivity index (χ0n) is 26.9. The number of rotatable bonds is 7. The molecule has 1 fully saturated rings. The third-order valence-corrected chi connectivity index (χ3v) is 9.92. The molecule has 3 heterocycles. The van der Waals surface area contributed by atoms with Crippen LogP contribution in [-0.2, 0) is 24.1 Å². The number of hydrogen-bond acceptors (Lipinski definition) is 6. The van der Waals surface area contributed by atoms with Crippen LogP contribution in [0.5, 0.6) is 0 Å². The summed E-state index contributed by atoms with van der Waals surface area (Å²) in [5.74, 6) is 5.80. The van der Waals surface area contributed by atoms with Crippen LogP contribution in [-0.4, -0.2) is 82.6 Å². The van der Waals surface area contributed by atoms with Crippen molar-refractivity contribution >= 4 is 16.9 Å². The summed E-state index contributed by atoms with van der Waals surface area (Å²) in [6, 6.07) is 19.5. The molecule has 0 aliphatic carbocycles.